The molecule has 1 aliphatic carbocycles. The van der Waals surface area contributed by atoms with Crippen LogP contribution in [0.1, 0.15) is 29.9 Å². The van der Waals surface area contributed by atoms with Crippen LogP contribution in [-0.2, 0) is 4.79 Å². The number of ether oxygens (including phenoxy) is 1. The molecule has 1 aromatic rings. The van der Waals surface area contributed by atoms with Crippen LogP contribution >= 0.6 is 0 Å². The Morgan fingerprint density at radius 1 is 1.59 bits per heavy atom. The van der Waals surface area contributed by atoms with Gasteiger partial charge in [0.25, 0.3) is 0 Å². The van der Waals surface area contributed by atoms with Crippen molar-refractivity contribution < 1.29 is 9.53 Å². The minimum absolute atomic E-state index is 0.674. The molecule has 1 atom stereocenters. The molecule has 0 aromatic heterocycles. The first-order valence-electron chi connectivity index (χ1n) is 5.83. The lowest BCUT2D eigenvalue weighted by molar-refractivity contribution is -0.108. The number of hydrogen-bond acceptors (Lipinski definition) is 3. The van der Waals surface area contributed by atoms with E-state index in [4.69, 9.17) is 10.00 Å². The van der Waals surface area contributed by atoms with E-state index in [2.05, 4.69) is 0 Å². The third kappa shape index (κ3) is 2.85. The summed E-state index contributed by atoms with van der Waals surface area (Å²) in [4.78, 5) is 10.7. The van der Waals surface area contributed by atoms with Crippen LogP contribution in [0.15, 0.2) is 18.2 Å². The SMILES string of the molecule is Cc1cc(OCC2CC2)ccc1[C@@H](C#N)C=O. The molecule has 0 amide bonds. The standard InChI is InChI=1S/C14H15NO2/c1-10-6-13(17-9-11-2-3-11)4-5-14(10)12(7-15)8-16/h4-6,8,11-12H,2-3,9H2,1H3/t12-/m0/s1. The van der Waals surface area contributed by atoms with Gasteiger partial charge in [0.1, 0.15) is 18.0 Å². The highest BCUT2D eigenvalue weighted by atomic mass is 16.5. The highest BCUT2D eigenvalue weighted by molar-refractivity contribution is 5.67. The molecule has 1 fully saturated rings. The molecule has 2 rings (SSSR count). The van der Waals surface area contributed by atoms with E-state index in [0.29, 0.717) is 6.29 Å². The molecule has 88 valence electrons. The fourth-order valence-electron chi connectivity index (χ4n) is 1.76. The summed E-state index contributed by atoms with van der Waals surface area (Å²) in [6.45, 7) is 2.67. The Balaban J connectivity index is 2.09. The lowest BCUT2D eigenvalue weighted by Crippen LogP contribution is -2.02. The Bertz CT molecular complexity index is 458. The van der Waals surface area contributed by atoms with Gasteiger partial charge in [-0.1, -0.05) is 6.07 Å². The molecule has 0 spiro atoms. The predicted molar refractivity (Wildman–Crippen MR) is 63.8 cm³/mol. The highest BCUT2D eigenvalue weighted by Crippen LogP contribution is 2.30. The second kappa shape index (κ2) is 5.01. The number of carbonyl (C=O) groups is 1. The molecule has 1 aromatic carbocycles. The lowest BCUT2D eigenvalue weighted by atomic mass is 9.97. The maximum absolute atomic E-state index is 10.7. The normalized spacial score (nSPS) is 16.0. The van der Waals surface area contributed by atoms with Gasteiger partial charge in [-0.25, -0.2) is 0 Å². The number of benzene rings is 1. The van der Waals surface area contributed by atoms with Gasteiger partial charge < -0.3 is 9.53 Å². The molecule has 0 unspecified atom stereocenters. The number of nitrogens with zero attached hydrogens (tertiary/aromatic N) is 1. The third-order valence-electron chi connectivity index (χ3n) is 3.03. The van der Waals surface area contributed by atoms with Crippen LogP contribution in [0.2, 0.25) is 0 Å². The van der Waals surface area contributed by atoms with E-state index >= 15 is 0 Å². The first kappa shape index (κ1) is 11.7. The molecule has 0 N–H and O–H groups in total. The van der Waals surface area contributed by atoms with E-state index in [-0.39, 0.29) is 0 Å². The number of hydrogen-bond donors (Lipinski definition) is 0. The van der Waals surface area contributed by atoms with Crippen LogP contribution in [-0.4, -0.2) is 12.9 Å². The van der Waals surface area contributed by atoms with Crippen LogP contribution in [0.25, 0.3) is 0 Å². The van der Waals surface area contributed by atoms with Crippen molar-refractivity contribution in [3.63, 3.8) is 0 Å². The summed E-state index contributed by atoms with van der Waals surface area (Å²) in [6.07, 6.45) is 3.20. The van der Waals surface area contributed by atoms with Crippen molar-refractivity contribution in [3.05, 3.63) is 29.3 Å². The summed E-state index contributed by atoms with van der Waals surface area (Å²) in [5.41, 5.74) is 1.69. The van der Waals surface area contributed by atoms with Gasteiger partial charge in [0.05, 0.1) is 12.7 Å². The minimum atomic E-state index is -0.674. The molecule has 1 aliphatic rings. The van der Waals surface area contributed by atoms with E-state index in [1.54, 1.807) is 6.07 Å². The summed E-state index contributed by atoms with van der Waals surface area (Å²) in [5.74, 6) is 0.866. The van der Waals surface area contributed by atoms with Crippen LogP contribution < -0.4 is 4.74 Å². The Labute approximate surface area is 101 Å². The minimum Gasteiger partial charge on any atom is -0.493 e. The fourth-order valence-corrected chi connectivity index (χ4v) is 1.76. The van der Waals surface area contributed by atoms with Gasteiger partial charge in [0.2, 0.25) is 0 Å². The lowest BCUT2D eigenvalue weighted by Gasteiger charge is -2.10. The first-order chi connectivity index (χ1) is 8.24. The van der Waals surface area contributed by atoms with E-state index in [1.807, 2.05) is 25.1 Å². The Morgan fingerprint density at radius 3 is 2.88 bits per heavy atom. The average Bonchev–Trinajstić information content (AvgIpc) is 3.14. The van der Waals surface area contributed by atoms with Gasteiger partial charge in [0.15, 0.2) is 0 Å². The van der Waals surface area contributed by atoms with Crippen LogP contribution in [0, 0.1) is 24.2 Å². The summed E-state index contributed by atoms with van der Waals surface area (Å²) in [7, 11) is 0. The van der Waals surface area contributed by atoms with E-state index in [1.165, 1.54) is 12.8 Å². The van der Waals surface area contributed by atoms with Crippen molar-refractivity contribution in [2.24, 2.45) is 5.92 Å². The van der Waals surface area contributed by atoms with Gasteiger partial charge in [-0.2, -0.15) is 5.26 Å². The summed E-state index contributed by atoms with van der Waals surface area (Å²) < 4.78 is 5.64. The quantitative estimate of drug-likeness (QED) is 0.729. The maximum Gasteiger partial charge on any atom is 0.141 e. The van der Waals surface area contributed by atoms with Gasteiger partial charge in [-0.15, -0.1) is 0 Å². The van der Waals surface area contributed by atoms with Crippen LogP contribution in [0.3, 0.4) is 0 Å². The monoisotopic (exact) mass is 229 g/mol. The fraction of sp³-hybridized carbons (Fsp3) is 0.429. The zero-order chi connectivity index (χ0) is 12.3. The number of carbonyl (C=O) groups excluding carboxylic acids is 1. The topological polar surface area (TPSA) is 50.1 Å². The second-order valence-electron chi connectivity index (χ2n) is 4.52. The van der Waals surface area contributed by atoms with Crippen molar-refractivity contribution in [1.29, 1.82) is 5.26 Å². The molecule has 0 aliphatic heterocycles. The van der Waals surface area contributed by atoms with Crippen molar-refractivity contribution in [3.8, 4) is 11.8 Å². The molecule has 0 heterocycles. The van der Waals surface area contributed by atoms with Gasteiger partial charge in [0, 0.05) is 0 Å². The Kier molecular flexibility index (Phi) is 3.43. The Morgan fingerprint density at radius 2 is 2.35 bits per heavy atom. The largest absolute Gasteiger partial charge is 0.493 e. The second-order valence-corrected chi connectivity index (χ2v) is 4.52. The van der Waals surface area contributed by atoms with Crippen molar-refractivity contribution in [2.45, 2.75) is 25.7 Å². The van der Waals surface area contributed by atoms with Gasteiger partial charge in [-0.05, 0) is 48.9 Å². The summed E-state index contributed by atoms with van der Waals surface area (Å²) >= 11 is 0. The predicted octanol–water partition coefficient (Wildman–Crippen LogP) is 2.59. The van der Waals surface area contributed by atoms with Crippen LogP contribution in [0.5, 0.6) is 5.75 Å². The van der Waals surface area contributed by atoms with E-state index in [9.17, 15) is 4.79 Å². The number of nitriles is 1. The molecular formula is C14H15NO2. The molecule has 0 radical (unpaired) electrons. The first-order valence-corrected chi connectivity index (χ1v) is 5.83. The highest BCUT2D eigenvalue weighted by Gasteiger charge is 2.22. The zero-order valence-electron chi connectivity index (χ0n) is 9.85. The molecular weight excluding hydrogens is 214 g/mol. The molecule has 3 nitrogen and oxygen atoms in total. The molecule has 0 saturated heterocycles. The average molecular weight is 229 g/mol. The maximum atomic E-state index is 10.7. The Hall–Kier alpha value is -1.82. The number of rotatable bonds is 5. The van der Waals surface area contributed by atoms with Crippen molar-refractivity contribution in [1.82, 2.24) is 0 Å². The number of aldehydes is 1. The summed E-state index contributed by atoms with van der Waals surface area (Å²) in [5, 5.41) is 8.85. The van der Waals surface area contributed by atoms with Gasteiger partial charge in [-0.3, -0.25) is 0 Å². The molecule has 0 bridgehead atoms. The molecule has 1 saturated carbocycles. The number of aryl methyl sites for hydroxylation is 1. The van der Waals surface area contributed by atoms with Crippen molar-refractivity contribution >= 4 is 6.29 Å². The summed E-state index contributed by atoms with van der Waals surface area (Å²) in [6, 6.07) is 7.51. The van der Waals surface area contributed by atoms with Gasteiger partial charge >= 0.3 is 0 Å². The third-order valence-corrected chi connectivity index (χ3v) is 3.03. The molecule has 3 heteroatoms. The molecule has 17 heavy (non-hydrogen) atoms. The van der Waals surface area contributed by atoms with Crippen molar-refractivity contribution in [2.75, 3.05) is 6.61 Å². The zero-order valence-corrected chi connectivity index (χ0v) is 9.85. The van der Waals surface area contributed by atoms with E-state index in [0.717, 1.165) is 29.4 Å². The van der Waals surface area contributed by atoms with E-state index < -0.39 is 5.92 Å². The smallest absolute Gasteiger partial charge is 0.141 e. The van der Waals surface area contributed by atoms with Crippen LogP contribution in [0.4, 0.5) is 0 Å².